The van der Waals surface area contributed by atoms with Crippen LogP contribution in [0.3, 0.4) is 0 Å². The van der Waals surface area contributed by atoms with Gasteiger partial charge in [-0.1, -0.05) is 234 Å². The molecule has 0 aliphatic rings. The fraction of sp³-hybridized carbons (Fsp3) is 0.981. The Bertz CT molecular complexity index is 881. The molecule has 1 amide bonds. The molecule has 0 heterocycles. The van der Waals surface area contributed by atoms with E-state index in [1.54, 1.807) is 7.11 Å². The first-order valence-electron chi connectivity index (χ1n) is 26.4. The summed E-state index contributed by atoms with van der Waals surface area (Å²) in [5.41, 5.74) is -0.720. The highest BCUT2D eigenvalue weighted by atomic mass is 16.5. The highest BCUT2D eigenvalue weighted by Gasteiger charge is 2.39. The van der Waals surface area contributed by atoms with Gasteiger partial charge in [-0.3, -0.25) is 4.79 Å². The molecule has 0 rings (SSSR count). The van der Waals surface area contributed by atoms with Gasteiger partial charge in [-0.05, 0) is 58.3 Å². The minimum atomic E-state index is -0.540. The number of carbonyl (C=O) groups is 1. The van der Waals surface area contributed by atoms with Crippen molar-refractivity contribution in [2.75, 3.05) is 33.5 Å². The first kappa shape index (κ1) is 61.4. The van der Waals surface area contributed by atoms with Crippen molar-refractivity contribution in [3.05, 3.63) is 0 Å². The van der Waals surface area contributed by atoms with Crippen LogP contribution in [0.5, 0.6) is 0 Å². The third-order valence-corrected chi connectivity index (χ3v) is 13.0. The van der Waals surface area contributed by atoms with Crippen LogP contribution in [0, 0.1) is 11.3 Å². The van der Waals surface area contributed by atoms with Crippen LogP contribution < -0.4 is 5.32 Å². The molecular formula is C54H111NO5. The van der Waals surface area contributed by atoms with Crippen molar-refractivity contribution in [1.29, 1.82) is 0 Å². The second-order valence-corrected chi connectivity index (χ2v) is 20.8. The molecule has 1 atom stereocenters. The Kier molecular flexibility index (Phi) is 43.3. The number of aliphatic hydroxyl groups excluding tert-OH is 1. The van der Waals surface area contributed by atoms with E-state index >= 15 is 0 Å². The predicted octanol–water partition coefficient (Wildman–Crippen LogP) is 16.3. The lowest BCUT2D eigenvalue weighted by Crippen LogP contribution is -2.57. The molecule has 0 aromatic rings. The summed E-state index contributed by atoms with van der Waals surface area (Å²) in [4.78, 5) is 13.6. The van der Waals surface area contributed by atoms with Crippen LogP contribution in [0.2, 0.25) is 0 Å². The van der Waals surface area contributed by atoms with Crippen LogP contribution in [0.25, 0.3) is 0 Å². The molecule has 0 aliphatic heterocycles. The van der Waals surface area contributed by atoms with Crippen LogP contribution in [-0.2, 0) is 19.0 Å². The molecule has 0 radical (unpaired) electrons. The Labute approximate surface area is 377 Å². The summed E-state index contributed by atoms with van der Waals surface area (Å²) in [5, 5.41) is 11.8. The molecule has 0 spiro atoms. The SMILES string of the molecule is CCCCCCCCCCCCCCCCCCOCC(OCCCCCCCCCCCCCCCCCC)C(=O)NC(C)(C)C(C)(C)CC(C)C.COC(C)(C)CO. The molecule has 6 nitrogen and oxygen atoms in total. The zero-order chi connectivity index (χ0) is 45.2. The molecule has 0 aromatic carbocycles. The average molecular weight is 854 g/mol. The normalized spacial score (nSPS) is 12.8. The van der Waals surface area contributed by atoms with Crippen LogP contribution in [0.4, 0.5) is 0 Å². The second kappa shape index (κ2) is 42.3. The first-order valence-corrected chi connectivity index (χ1v) is 26.4. The van der Waals surface area contributed by atoms with Crippen LogP contribution in [-0.4, -0.2) is 61.8 Å². The largest absolute Gasteiger partial charge is 0.393 e. The smallest absolute Gasteiger partial charge is 0.251 e. The van der Waals surface area contributed by atoms with Gasteiger partial charge in [0.2, 0.25) is 0 Å². The predicted molar refractivity (Wildman–Crippen MR) is 263 cm³/mol. The van der Waals surface area contributed by atoms with E-state index in [9.17, 15) is 4.79 Å². The van der Waals surface area contributed by atoms with E-state index in [4.69, 9.17) is 19.3 Å². The average Bonchev–Trinajstić information content (AvgIpc) is 3.20. The van der Waals surface area contributed by atoms with E-state index in [2.05, 4.69) is 60.7 Å². The first-order chi connectivity index (χ1) is 28.7. The number of hydrogen-bond donors (Lipinski definition) is 2. The van der Waals surface area contributed by atoms with Gasteiger partial charge >= 0.3 is 0 Å². The number of rotatable bonds is 44. The van der Waals surface area contributed by atoms with Gasteiger partial charge in [0.15, 0.2) is 6.10 Å². The Morgan fingerprint density at radius 1 is 0.517 bits per heavy atom. The molecule has 0 saturated carbocycles. The van der Waals surface area contributed by atoms with E-state index in [1.165, 1.54) is 193 Å². The zero-order valence-corrected chi connectivity index (χ0v) is 42.9. The Morgan fingerprint density at radius 3 is 1.12 bits per heavy atom. The van der Waals surface area contributed by atoms with Crippen LogP contribution in [0.15, 0.2) is 0 Å². The summed E-state index contributed by atoms with van der Waals surface area (Å²) < 4.78 is 17.2. The summed E-state index contributed by atoms with van der Waals surface area (Å²) in [5.74, 6) is 0.557. The maximum atomic E-state index is 13.6. The third-order valence-electron chi connectivity index (χ3n) is 13.0. The van der Waals surface area contributed by atoms with Gasteiger partial charge in [0.05, 0.1) is 18.8 Å². The topological polar surface area (TPSA) is 77.0 Å². The van der Waals surface area contributed by atoms with Gasteiger partial charge in [-0.25, -0.2) is 0 Å². The number of unbranched alkanes of at least 4 members (excludes halogenated alkanes) is 30. The number of ether oxygens (including phenoxy) is 3. The van der Waals surface area contributed by atoms with Crippen LogP contribution >= 0.6 is 0 Å². The highest BCUT2D eigenvalue weighted by molar-refractivity contribution is 5.81. The van der Waals surface area contributed by atoms with Gasteiger partial charge in [-0.2, -0.15) is 0 Å². The number of carbonyl (C=O) groups excluding carboxylic acids is 1. The molecule has 0 bridgehead atoms. The quantitative estimate of drug-likeness (QED) is 0.0597. The van der Waals surface area contributed by atoms with Gasteiger partial charge in [0.1, 0.15) is 0 Å². The molecule has 60 heavy (non-hydrogen) atoms. The van der Waals surface area contributed by atoms with Crippen molar-refractivity contribution in [2.45, 2.75) is 298 Å². The van der Waals surface area contributed by atoms with E-state index < -0.39 is 6.10 Å². The molecule has 0 saturated heterocycles. The molecular weight excluding hydrogens is 743 g/mol. The fourth-order valence-corrected chi connectivity index (χ4v) is 7.92. The Morgan fingerprint density at radius 2 is 0.833 bits per heavy atom. The summed E-state index contributed by atoms with van der Waals surface area (Å²) in [6.07, 6.45) is 44.1. The maximum absolute atomic E-state index is 13.6. The lowest BCUT2D eigenvalue weighted by Gasteiger charge is -2.44. The molecule has 0 fully saturated rings. The summed E-state index contributed by atoms with van der Waals surface area (Å²) in [7, 11) is 1.58. The monoisotopic (exact) mass is 854 g/mol. The number of hydrogen-bond acceptors (Lipinski definition) is 5. The maximum Gasteiger partial charge on any atom is 0.251 e. The van der Waals surface area contributed by atoms with Crippen molar-refractivity contribution in [3.8, 4) is 0 Å². The summed E-state index contributed by atoms with van der Waals surface area (Å²) in [6.45, 7) is 23.4. The zero-order valence-electron chi connectivity index (χ0n) is 42.9. The third kappa shape index (κ3) is 40.1. The fourth-order valence-electron chi connectivity index (χ4n) is 7.92. The lowest BCUT2D eigenvalue weighted by atomic mass is 9.69. The summed E-state index contributed by atoms with van der Waals surface area (Å²) in [6, 6.07) is 0. The number of amides is 1. The minimum absolute atomic E-state index is 0.0182. The van der Waals surface area contributed by atoms with Gasteiger partial charge < -0.3 is 24.6 Å². The molecule has 362 valence electrons. The Hall–Kier alpha value is -0.690. The standard InChI is InChI=1S/C49H99NO3.C5H12O2/c1-9-11-13-15-17-19-21-23-25-27-29-31-33-35-37-39-41-52-44-46(47(51)50-49(7,8)48(5,6)43-45(3)4)53-42-40-38-36-34-32-30-28-26-24-22-20-18-16-14-12-10-2;1-5(2,4-6)7-3/h45-46H,9-44H2,1-8H3,(H,50,51);6H,4H2,1-3H3. The van der Waals surface area contributed by atoms with Gasteiger partial charge in [-0.15, -0.1) is 0 Å². The minimum Gasteiger partial charge on any atom is -0.393 e. The highest BCUT2D eigenvalue weighted by Crippen LogP contribution is 2.37. The molecule has 0 aliphatic carbocycles. The molecule has 1 unspecified atom stereocenters. The molecule has 0 aromatic heterocycles. The Balaban J connectivity index is 0. The molecule has 6 heteroatoms. The van der Waals surface area contributed by atoms with Gasteiger partial charge in [0, 0.05) is 25.9 Å². The van der Waals surface area contributed by atoms with Gasteiger partial charge in [0.25, 0.3) is 5.91 Å². The van der Waals surface area contributed by atoms with Crippen molar-refractivity contribution in [1.82, 2.24) is 5.32 Å². The lowest BCUT2D eigenvalue weighted by molar-refractivity contribution is -0.140. The van der Waals surface area contributed by atoms with Crippen LogP contribution in [0.1, 0.15) is 281 Å². The number of nitrogens with one attached hydrogen (secondary N) is 1. The second-order valence-electron chi connectivity index (χ2n) is 20.8. The number of methoxy groups -OCH3 is 1. The van der Waals surface area contributed by atoms with Crippen molar-refractivity contribution < 1.29 is 24.1 Å². The van der Waals surface area contributed by atoms with E-state index in [0.29, 0.717) is 25.7 Å². The number of aliphatic hydroxyl groups is 1. The van der Waals surface area contributed by atoms with Crippen molar-refractivity contribution >= 4 is 5.91 Å². The summed E-state index contributed by atoms with van der Waals surface area (Å²) >= 11 is 0. The van der Waals surface area contributed by atoms with E-state index in [1.807, 2.05) is 13.8 Å². The van der Waals surface area contributed by atoms with Crippen molar-refractivity contribution in [2.24, 2.45) is 11.3 Å². The van der Waals surface area contributed by atoms with E-state index in [-0.39, 0.29) is 29.1 Å². The van der Waals surface area contributed by atoms with Crippen molar-refractivity contribution in [3.63, 3.8) is 0 Å². The van der Waals surface area contributed by atoms with E-state index in [0.717, 1.165) is 19.3 Å². The molecule has 2 N–H and O–H groups in total.